The van der Waals surface area contributed by atoms with Gasteiger partial charge in [0.05, 0.1) is 24.6 Å². The minimum absolute atomic E-state index is 0.665. The van der Waals surface area contributed by atoms with E-state index in [2.05, 4.69) is 77.1 Å². The lowest BCUT2D eigenvalue weighted by molar-refractivity contribution is 0.340. The van der Waals surface area contributed by atoms with Gasteiger partial charge in [-0.05, 0) is 83.3 Å². The van der Waals surface area contributed by atoms with Crippen LogP contribution in [0.15, 0.2) is 84.9 Å². The zero-order chi connectivity index (χ0) is 23.8. The van der Waals surface area contributed by atoms with Gasteiger partial charge in [-0.15, -0.1) is 5.53 Å². The summed E-state index contributed by atoms with van der Waals surface area (Å²) in [6.45, 7) is 5.33. The van der Waals surface area contributed by atoms with Crippen LogP contribution in [0.4, 0.5) is 11.4 Å². The van der Waals surface area contributed by atoms with E-state index in [0.29, 0.717) is 13.2 Å². The van der Waals surface area contributed by atoms with Crippen LogP contribution in [0.5, 0.6) is 11.5 Å². The van der Waals surface area contributed by atoms with Crippen molar-refractivity contribution in [2.24, 2.45) is 0 Å². The Bertz CT molecular complexity index is 1410. The molecule has 0 radical (unpaired) electrons. The zero-order valence-corrected chi connectivity index (χ0v) is 19.8. The maximum atomic E-state index is 5.62. The summed E-state index contributed by atoms with van der Waals surface area (Å²) in [7, 11) is 0. The van der Waals surface area contributed by atoms with Gasteiger partial charge < -0.3 is 20.3 Å². The first-order valence-electron chi connectivity index (χ1n) is 12.0. The number of hydrogen-bond donors (Lipinski definition) is 3. The summed E-state index contributed by atoms with van der Waals surface area (Å²) in [5.41, 5.74) is 16.5. The van der Waals surface area contributed by atoms with Crippen molar-refractivity contribution in [3.63, 3.8) is 0 Å². The number of benzene rings is 5. The lowest BCUT2D eigenvalue weighted by atomic mass is 9.92. The van der Waals surface area contributed by atoms with Crippen molar-refractivity contribution in [2.45, 2.75) is 13.8 Å². The monoisotopic (exact) mass is 461 g/mol. The number of anilines is 2. The Balaban J connectivity index is 1.51. The normalized spacial score (nSPS) is 12.3. The standard InChI is InChI=1S/C30H27N3O2/c1-3-34-23-11-5-19(6-12-23)21-9-15-25-27(17-21)28-18-22(20-7-13-24(14-8-20)35-4-2)10-16-26(28)30-29(25)31-33-32-30/h5-18,31-33H,3-4H2,1-2H3. The van der Waals surface area contributed by atoms with E-state index in [1.165, 1.54) is 32.7 Å². The van der Waals surface area contributed by atoms with Crippen LogP contribution in [-0.2, 0) is 0 Å². The molecule has 1 heterocycles. The van der Waals surface area contributed by atoms with E-state index in [4.69, 9.17) is 9.47 Å². The minimum atomic E-state index is 0.665. The number of ether oxygens (including phenoxy) is 2. The van der Waals surface area contributed by atoms with Gasteiger partial charge in [0.15, 0.2) is 0 Å². The lowest BCUT2D eigenvalue weighted by Crippen LogP contribution is -2.19. The van der Waals surface area contributed by atoms with Crippen molar-refractivity contribution in [1.29, 1.82) is 0 Å². The number of rotatable bonds is 6. The molecular formula is C30H27N3O2. The summed E-state index contributed by atoms with van der Waals surface area (Å²) in [5, 5.41) is 4.75. The topological polar surface area (TPSA) is 54.6 Å². The Morgan fingerprint density at radius 2 is 0.886 bits per heavy atom. The highest BCUT2D eigenvalue weighted by molar-refractivity contribution is 6.22. The second-order valence-corrected chi connectivity index (χ2v) is 8.56. The fourth-order valence-corrected chi connectivity index (χ4v) is 4.84. The van der Waals surface area contributed by atoms with Crippen LogP contribution >= 0.6 is 0 Å². The van der Waals surface area contributed by atoms with E-state index >= 15 is 0 Å². The highest BCUT2D eigenvalue weighted by Gasteiger charge is 2.19. The Hall–Kier alpha value is -4.22. The maximum absolute atomic E-state index is 5.62. The molecule has 5 nitrogen and oxygen atoms in total. The van der Waals surface area contributed by atoms with E-state index in [0.717, 1.165) is 34.0 Å². The van der Waals surface area contributed by atoms with Crippen molar-refractivity contribution >= 4 is 32.9 Å². The summed E-state index contributed by atoms with van der Waals surface area (Å²) in [6, 6.07) is 29.9. The highest BCUT2D eigenvalue weighted by atomic mass is 16.5. The van der Waals surface area contributed by atoms with E-state index in [9.17, 15) is 0 Å². The molecule has 0 atom stereocenters. The third kappa shape index (κ3) is 3.80. The number of nitrogens with one attached hydrogen (secondary N) is 3. The Kier molecular flexibility index (Phi) is 5.39. The first-order valence-corrected chi connectivity index (χ1v) is 12.0. The molecule has 35 heavy (non-hydrogen) atoms. The number of fused-ring (bicyclic) bond motifs is 6. The minimum Gasteiger partial charge on any atom is -0.494 e. The second-order valence-electron chi connectivity index (χ2n) is 8.56. The zero-order valence-electron chi connectivity index (χ0n) is 19.8. The molecule has 0 saturated heterocycles. The molecule has 0 aliphatic carbocycles. The molecule has 5 aromatic rings. The molecule has 1 aliphatic rings. The van der Waals surface area contributed by atoms with Crippen LogP contribution in [-0.4, -0.2) is 13.2 Å². The fourth-order valence-electron chi connectivity index (χ4n) is 4.84. The van der Waals surface area contributed by atoms with E-state index in [-0.39, 0.29) is 0 Å². The van der Waals surface area contributed by atoms with Gasteiger partial charge in [-0.2, -0.15) is 0 Å². The Morgan fingerprint density at radius 3 is 1.29 bits per heavy atom. The molecule has 6 rings (SSSR count). The molecule has 0 fully saturated rings. The summed E-state index contributed by atoms with van der Waals surface area (Å²) in [5.74, 6) is 1.78. The molecule has 5 aromatic carbocycles. The van der Waals surface area contributed by atoms with Gasteiger partial charge in [-0.25, -0.2) is 0 Å². The number of hydrogen-bond acceptors (Lipinski definition) is 5. The van der Waals surface area contributed by atoms with Crippen molar-refractivity contribution in [3.8, 4) is 33.8 Å². The fraction of sp³-hybridized carbons (Fsp3) is 0.133. The molecular weight excluding hydrogens is 434 g/mol. The van der Waals surface area contributed by atoms with E-state index in [1.54, 1.807) is 0 Å². The van der Waals surface area contributed by atoms with E-state index < -0.39 is 0 Å². The van der Waals surface area contributed by atoms with Gasteiger partial charge >= 0.3 is 0 Å². The predicted molar refractivity (Wildman–Crippen MR) is 145 cm³/mol. The largest absolute Gasteiger partial charge is 0.494 e. The van der Waals surface area contributed by atoms with Gasteiger partial charge in [-0.1, -0.05) is 48.5 Å². The quantitative estimate of drug-likeness (QED) is 0.230. The molecule has 5 heteroatoms. The molecule has 0 saturated carbocycles. The van der Waals surface area contributed by atoms with Gasteiger partial charge in [0.1, 0.15) is 11.5 Å². The van der Waals surface area contributed by atoms with Crippen LogP contribution in [0.3, 0.4) is 0 Å². The predicted octanol–water partition coefficient (Wildman–Crippen LogP) is 7.38. The summed E-state index contributed by atoms with van der Waals surface area (Å²) >= 11 is 0. The average Bonchev–Trinajstić information content (AvgIpc) is 3.40. The third-order valence-electron chi connectivity index (χ3n) is 6.49. The summed E-state index contributed by atoms with van der Waals surface area (Å²) in [4.78, 5) is 0. The Morgan fingerprint density at radius 1 is 0.486 bits per heavy atom. The Labute approximate surface area is 204 Å². The molecule has 3 N–H and O–H groups in total. The van der Waals surface area contributed by atoms with Crippen molar-refractivity contribution in [2.75, 3.05) is 24.1 Å². The van der Waals surface area contributed by atoms with Crippen LogP contribution in [0.2, 0.25) is 0 Å². The van der Waals surface area contributed by atoms with Crippen molar-refractivity contribution in [1.82, 2.24) is 5.53 Å². The SMILES string of the molecule is CCOc1ccc(-c2ccc3c4c(c5ccc(-c6ccc(OCC)cc6)cc5c3c2)NNN4)cc1. The lowest BCUT2D eigenvalue weighted by Gasteiger charge is -2.14. The van der Waals surface area contributed by atoms with Gasteiger partial charge in [0, 0.05) is 10.8 Å². The smallest absolute Gasteiger partial charge is 0.119 e. The van der Waals surface area contributed by atoms with Crippen LogP contribution in [0.25, 0.3) is 43.8 Å². The van der Waals surface area contributed by atoms with Crippen molar-refractivity contribution in [3.05, 3.63) is 84.9 Å². The first kappa shape index (κ1) is 21.3. The summed E-state index contributed by atoms with van der Waals surface area (Å²) < 4.78 is 11.2. The van der Waals surface area contributed by atoms with E-state index in [1.807, 2.05) is 38.1 Å². The molecule has 0 aromatic heterocycles. The van der Waals surface area contributed by atoms with Crippen LogP contribution in [0.1, 0.15) is 13.8 Å². The molecule has 0 spiro atoms. The molecule has 1 aliphatic heterocycles. The second kappa shape index (κ2) is 8.85. The average molecular weight is 462 g/mol. The van der Waals surface area contributed by atoms with Gasteiger partial charge in [0.25, 0.3) is 0 Å². The molecule has 0 bridgehead atoms. The summed E-state index contributed by atoms with van der Waals surface area (Å²) in [6.07, 6.45) is 0. The highest BCUT2D eigenvalue weighted by Crippen LogP contribution is 2.44. The van der Waals surface area contributed by atoms with Crippen molar-refractivity contribution < 1.29 is 9.47 Å². The van der Waals surface area contributed by atoms with Gasteiger partial charge in [-0.3, -0.25) is 0 Å². The van der Waals surface area contributed by atoms with Crippen LogP contribution in [0, 0.1) is 0 Å². The maximum Gasteiger partial charge on any atom is 0.119 e. The molecule has 0 unspecified atom stereocenters. The molecule has 0 amide bonds. The molecule has 174 valence electrons. The van der Waals surface area contributed by atoms with Gasteiger partial charge in [0.2, 0.25) is 0 Å². The first-order chi connectivity index (χ1) is 17.2. The van der Waals surface area contributed by atoms with Crippen LogP contribution < -0.4 is 25.9 Å². The number of hydrazine groups is 2. The third-order valence-corrected chi connectivity index (χ3v) is 6.49.